The summed E-state index contributed by atoms with van der Waals surface area (Å²) in [5.41, 5.74) is 5.50. The number of thiocarbonyl (C=S) groups is 6. The van der Waals surface area contributed by atoms with E-state index in [-0.39, 0.29) is 85.7 Å². The highest BCUT2D eigenvalue weighted by molar-refractivity contribution is 7.96. The number of sulfonamides is 1. The summed E-state index contributed by atoms with van der Waals surface area (Å²) in [5.74, 6) is -2.62. The molecule has 0 bridgehead atoms. The van der Waals surface area contributed by atoms with E-state index in [9.17, 15) is 56.7 Å². The van der Waals surface area contributed by atoms with Gasteiger partial charge in [-0.2, -0.15) is 0 Å². The Labute approximate surface area is 818 Å². The van der Waals surface area contributed by atoms with E-state index in [0.717, 1.165) is 47.4 Å². The molecule has 2 aliphatic rings. The van der Waals surface area contributed by atoms with Crippen LogP contribution >= 0.6 is 85.9 Å². The Balaban J connectivity index is 0.000000242. The molecule has 0 aromatic heterocycles. The summed E-state index contributed by atoms with van der Waals surface area (Å²) in [4.78, 5) is 104. The summed E-state index contributed by atoms with van der Waals surface area (Å²) in [6, 6.07) is 82.2. The first-order valence-corrected chi connectivity index (χ1v) is 48.6. The van der Waals surface area contributed by atoms with Gasteiger partial charge in [-0.05, 0) is 233 Å². The average molecular weight is 1980 g/mol. The van der Waals surface area contributed by atoms with Crippen molar-refractivity contribution in [2.45, 2.75) is 102 Å². The van der Waals surface area contributed by atoms with Gasteiger partial charge in [0, 0.05) is 77.2 Å². The molecule has 10 aromatic rings. The highest BCUT2D eigenvalue weighted by Crippen LogP contribution is 2.42. The Morgan fingerprint density at radius 2 is 0.813 bits per heavy atom. The van der Waals surface area contributed by atoms with Crippen molar-refractivity contribution in [3.8, 4) is 0 Å². The molecule has 134 heavy (non-hydrogen) atoms. The highest BCUT2D eigenvalue weighted by Gasteiger charge is 2.39. The molecule has 1 heterocycles. The number of carbonyl (C=O) groups excluding carboxylic acids is 9. The number of hydrogen-bond donors (Lipinski definition) is 11. The first kappa shape index (κ1) is 110. The molecule has 37 heteroatoms. The quantitative estimate of drug-likeness (QED) is 0.00599. The number of anilines is 1. The summed E-state index contributed by atoms with van der Waals surface area (Å²) >= 11 is 33.7. The third-order valence-electron chi connectivity index (χ3n) is 18.8. The van der Waals surface area contributed by atoms with Gasteiger partial charge in [0.15, 0.2) is 15.3 Å². The Kier molecular flexibility index (Phi) is 50.3. The number of nitrogens with one attached hydrogen (secondary N) is 9. The largest absolute Gasteiger partial charge is 0.471 e. The number of aliphatic hydroxyl groups is 1. The van der Waals surface area contributed by atoms with Crippen molar-refractivity contribution in [2.75, 3.05) is 51.1 Å². The van der Waals surface area contributed by atoms with Crippen molar-refractivity contribution in [1.29, 1.82) is 0 Å². The lowest BCUT2D eigenvalue weighted by Crippen LogP contribution is -2.45. The fourth-order valence-electron chi connectivity index (χ4n) is 11.9. The zero-order valence-corrected chi connectivity index (χ0v) is 81.6. The van der Waals surface area contributed by atoms with Crippen LogP contribution in [0.4, 0.5) is 10.5 Å². The predicted molar refractivity (Wildman–Crippen MR) is 548 cm³/mol. The number of unbranched alkanes of at least 4 members (excludes halogenated alkanes) is 3. The first-order chi connectivity index (χ1) is 64.5. The predicted octanol–water partition coefficient (Wildman–Crippen LogP) is 16.2. The topological polar surface area (TPSA) is 375 Å². The van der Waals surface area contributed by atoms with Crippen LogP contribution in [0.5, 0.6) is 0 Å². The maximum Gasteiger partial charge on any atom is 0.364 e. The normalized spacial score (nSPS) is 11.6. The highest BCUT2D eigenvalue weighted by atomic mass is 32.2. The number of esters is 1. The minimum absolute atomic E-state index is 0.0348. The van der Waals surface area contributed by atoms with Crippen molar-refractivity contribution in [2.24, 2.45) is 0 Å². The Morgan fingerprint density at radius 1 is 0.440 bits per heavy atom. The molecule has 0 unspecified atom stereocenters. The van der Waals surface area contributed by atoms with E-state index in [2.05, 4.69) is 68.7 Å². The molecule has 1 aliphatic heterocycles. The van der Waals surface area contributed by atoms with E-state index in [1.165, 1.54) is 32.1 Å². The fraction of sp³-hybridized carbons (Fsp3) is 0.227. The summed E-state index contributed by atoms with van der Waals surface area (Å²) in [6.07, 6.45) is 11.0. The van der Waals surface area contributed by atoms with Crippen LogP contribution in [-0.2, 0) is 49.2 Å². The second-order valence-electron chi connectivity index (χ2n) is 28.7. The molecular weight excluding hydrogens is 1880 g/mol. The lowest BCUT2D eigenvalue weighted by atomic mass is 9.98. The second-order valence-corrected chi connectivity index (χ2v) is 36.6. The second kappa shape index (κ2) is 61.2. The van der Waals surface area contributed by atoms with Gasteiger partial charge in [-0.1, -0.05) is 234 Å². The van der Waals surface area contributed by atoms with Crippen LogP contribution in [0.3, 0.4) is 0 Å². The van der Waals surface area contributed by atoms with Gasteiger partial charge < -0.3 is 43.5 Å². The molecule has 0 saturated heterocycles. The summed E-state index contributed by atoms with van der Waals surface area (Å²) < 4.78 is 58.2. The minimum Gasteiger partial charge on any atom is -0.471 e. The van der Waals surface area contributed by atoms with Crippen LogP contribution in [-0.4, -0.2) is 158 Å². The van der Waals surface area contributed by atoms with Gasteiger partial charge in [0.25, 0.3) is 72.1 Å². The Bertz CT molecular complexity index is 5640. The van der Waals surface area contributed by atoms with E-state index in [0.29, 0.717) is 86.4 Å². The van der Waals surface area contributed by atoms with Crippen molar-refractivity contribution < 1.29 is 84.5 Å². The Morgan fingerprint density at radius 3 is 1.22 bits per heavy atom. The molecule has 0 spiro atoms. The van der Waals surface area contributed by atoms with Crippen LogP contribution in [0.15, 0.2) is 296 Å². The van der Waals surface area contributed by atoms with Crippen molar-refractivity contribution in [3.63, 3.8) is 0 Å². The van der Waals surface area contributed by atoms with Gasteiger partial charge in [-0.3, -0.25) is 75.6 Å². The van der Waals surface area contributed by atoms with E-state index < -0.39 is 41.6 Å². The molecule has 28 nitrogen and oxygen atoms in total. The van der Waals surface area contributed by atoms with Gasteiger partial charge in [-0.25, -0.2) is 17.5 Å². The molecule has 10 aromatic carbocycles. The van der Waals surface area contributed by atoms with Crippen molar-refractivity contribution in [1.82, 2.24) is 47.9 Å². The van der Waals surface area contributed by atoms with Crippen molar-refractivity contribution >= 4 is 204 Å². The number of thiol groups is 1. The molecule has 1 saturated carbocycles. The Hall–Kier alpha value is -12.6. The zero-order chi connectivity index (χ0) is 97.5. The minimum atomic E-state index is -3.85. The number of hydrogen-bond acceptors (Lipinski definition) is 24. The molecule has 12 rings (SSSR count). The maximum atomic E-state index is 12.9. The SMILES string of the molecule is C=C(C)C(=O)OCCOC(=S)NC(=O)c1ccccc1.CCCCCCOC(=S)NC(=O)c1ccccc1.CO[Si](CO)(CCCNC(=S)NC(=O)c1ccccc1)OC.O=C(NC(=S)N1c2cccc3cccc(c23)S1(=O)=O)c1ccccc1.O=C(NC(=S)NCc1ccccc1)c1ccccc1.O=C(NC(=S)OC1CCCCC1)c1ccccc1.O=C(S)NC(=O)c1ccccc1. The molecule has 0 radical (unpaired) electrons. The monoisotopic (exact) mass is 1980 g/mol. The smallest absolute Gasteiger partial charge is 0.364 e. The molecule has 8 amide bonds. The number of ether oxygens (including phenoxy) is 4. The van der Waals surface area contributed by atoms with Crippen molar-refractivity contribution in [3.05, 3.63) is 336 Å². The van der Waals surface area contributed by atoms with E-state index in [1.807, 2.05) is 115 Å². The summed E-state index contributed by atoms with van der Waals surface area (Å²) in [7, 11) is -3.25. The van der Waals surface area contributed by atoms with Crippen LogP contribution in [0.1, 0.15) is 156 Å². The average Bonchev–Trinajstić information content (AvgIpc) is 1.57. The summed E-state index contributed by atoms with van der Waals surface area (Å²) in [5, 5.41) is 34.2. The van der Waals surface area contributed by atoms with E-state index >= 15 is 0 Å². The van der Waals surface area contributed by atoms with Gasteiger partial charge in [0.2, 0.25) is 0 Å². The van der Waals surface area contributed by atoms with Crippen LogP contribution < -0.4 is 52.2 Å². The number of amides is 8. The third kappa shape index (κ3) is 40.4. The van der Waals surface area contributed by atoms with Gasteiger partial charge >= 0.3 is 14.5 Å². The number of rotatable bonds is 26. The fourth-order valence-corrected chi connectivity index (χ4v) is 16.8. The maximum absolute atomic E-state index is 12.9. The van der Waals surface area contributed by atoms with Crippen LogP contribution in [0.2, 0.25) is 6.04 Å². The molecule has 704 valence electrons. The van der Waals surface area contributed by atoms with E-state index in [1.54, 1.807) is 191 Å². The molecular formula is C97H106N10O18S8Si. The van der Waals surface area contributed by atoms with E-state index in [4.69, 9.17) is 101 Å². The van der Waals surface area contributed by atoms with Gasteiger partial charge in [-0.15, -0.1) is 0 Å². The number of nitrogens with zero attached hydrogens (tertiary/aromatic N) is 1. The van der Waals surface area contributed by atoms with Crippen LogP contribution in [0.25, 0.3) is 10.8 Å². The number of imide groups is 1. The number of carbonyl (C=O) groups is 9. The van der Waals surface area contributed by atoms with Gasteiger partial charge in [0.1, 0.15) is 19.3 Å². The molecule has 1 fully saturated rings. The lowest BCUT2D eigenvalue weighted by Gasteiger charge is -2.25. The summed E-state index contributed by atoms with van der Waals surface area (Å²) in [6.45, 7) is 8.97. The first-order valence-electron chi connectivity index (χ1n) is 42.1. The molecule has 10 N–H and O–H groups in total. The third-order valence-corrected chi connectivity index (χ3v) is 25.3. The zero-order valence-electron chi connectivity index (χ0n) is 74.0. The standard InChI is InChI=1S/C18H12N2O3S2.C15H14N2OS.C14H22N2O4SSi.C14H15NO4S.C14H17NO2S.C14H19NO2S.C8H7NO2S/c21-17(13-6-2-1-3-7-13)19-18(24)20-14-10-4-8-12-9-5-11-15(16(12)14)25(20,22)23;18-14(13-9-5-2-6-10-13)17-15(19)16-11-12-7-3-1-4-8-12;1-19-22(11-17,20-2)10-6-9-15-14(21)16-13(18)12-7-4-3-5-8-12;1-10(2)13(17)18-8-9-19-14(20)15-12(16)11-6-4-3-5-7-11;16-13(11-7-3-1-4-8-11)15-14(18)17-12-9-5-2-6-10-12;1-2-3-4-8-11-17-14(18)15-13(16)12-9-6-5-7-10-12;10-7(9-8(11)12)6-4-2-1-3-5-6/h1-11H,(H,19,21,24);1-10H,11H2,(H2,16,17,18,19);3-5,7-8,17H,6,9-11H2,1-2H3,(H2,15,16,18,21);3-7H,1,8-9H2,2H3,(H,15,16,20);1,3-4,7-8,12H,2,5-6,9-10H2,(H,15,16,18);5-7,9-10H,2-4,8,11H2,1H3,(H,15,16,18);1-5H,(H2,9,10,11,12). The number of aliphatic hydroxyl groups excluding tert-OH is 1. The number of benzene rings is 10. The lowest BCUT2D eigenvalue weighted by molar-refractivity contribution is -0.139. The van der Waals surface area contributed by atoms with Crippen LogP contribution in [0, 0.1) is 0 Å². The van der Waals surface area contributed by atoms with Gasteiger partial charge in [0.05, 0.1) is 23.4 Å². The molecule has 1 aliphatic carbocycles. The molecule has 0 atom stereocenters.